The molecule has 0 saturated heterocycles. The smallest absolute Gasteiger partial charge is 0.335 e. The van der Waals surface area contributed by atoms with Crippen LogP contribution < -0.4 is 5.32 Å². The Balaban J connectivity index is 3.02. The van der Waals surface area contributed by atoms with Gasteiger partial charge in [0.1, 0.15) is 0 Å². The second kappa shape index (κ2) is 5.07. The minimum atomic E-state index is -4.44. The molecule has 0 fully saturated rings. The Hall–Kier alpha value is -1.42. The topological polar surface area (TPSA) is 86.6 Å². The van der Waals surface area contributed by atoms with Gasteiger partial charge in [-0.3, -0.25) is 9.36 Å². The lowest BCUT2D eigenvalue weighted by Gasteiger charge is -2.19. The van der Waals surface area contributed by atoms with E-state index in [1.165, 1.54) is 12.1 Å². The zero-order chi connectivity index (χ0) is 12.2. The lowest BCUT2D eigenvalue weighted by Crippen LogP contribution is -2.26. The van der Waals surface area contributed by atoms with Gasteiger partial charge in [-0.1, -0.05) is 36.9 Å². The van der Waals surface area contributed by atoms with Gasteiger partial charge in [0.15, 0.2) is 5.78 Å². The van der Waals surface area contributed by atoms with Crippen LogP contribution in [0.5, 0.6) is 0 Å². The number of amides is 1. The number of carbonyl (C=O) groups is 1. The first-order valence-corrected chi connectivity index (χ1v) is 6.16. The fourth-order valence-corrected chi connectivity index (χ4v) is 2.05. The number of benzene rings is 1. The Morgan fingerprint density at radius 3 is 2.38 bits per heavy atom. The molecular formula is C10H12NO4P. The van der Waals surface area contributed by atoms with Gasteiger partial charge in [-0.2, -0.15) is 0 Å². The molecule has 0 aromatic heterocycles. The lowest BCUT2D eigenvalue weighted by molar-refractivity contribution is -0.116. The lowest BCUT2D eigenvalue weighted by atomic mass is 10.2. The zero-order valence-corrected chi connectivity index (χ0v) is 9.30. The number of hydrogen-bond acceptors (Lipinski definition) is 2. The maximum Gasteiger partial charge on any atom is 0.352 e. The van der Waals surface area contributed by atoms with Crippen LogP contribution in [0.15, 0.2) is 43.0 Å². The average Bonchev–Trinajstić information content (AvgIpc) is 2.25. The van der Waals surface area contributed by atoms with Gasteiger partial charge in [-0.05, 0) is 11.6 Å². The van der Waals surface area contributed by atoms with Crippen molar-refractivity contribution in [1.29, 1.82) is 0 Å². The Bertz CT molecular complexity index is 426. The van der Waals surface area contributed by atoms with Gasteiger partial charge in [0.2, 0.25) is 5.91 Å². The van der Waals surface area contributed by atoms with Crippen molar-refractivity contribution in [2.75, 3.05) is 0 Å². The predicted octanol–water partition coefficient (Wildman–Crippen LogP) is 1.17. The molecule has 0 unspecified atom stereocenters. The summed E-state index contributed by atoms with van der Waals surface area (Å²) in [6, 6.07) is 8.06. The van der Waals surface area contributed by atoms with Gasteiger partial charge in [0.25, 0.3) is 0 Å². The van der Waals surface area contributed by atoms with E-state index in [-0.39, 0.29) is 0 Å². The molecule has 0 aliphatic rings. The van der Waals surface area contributed by atoms with Crippen molar-refractivity contribution in [3.8, 4) is 0 Å². The largest absolute Gasteiger partial charge is 0.352 e. The molecule has 0 bridgehead atoms. The standard InChI is InChI=1S/C10H12NO4P/c1-2-9(12)11-10(16(13,14)15)8-6-4-3-5-7-8/h2-7,10H,1H2,(H,11,12)(H2,13,14,15)/t10-/m1/s1. The SMILES string of the molecule is C=CC(=O)N[C@@H](c1ccccc1)P(=O)(O)O. The first-order valence-electron chi connectivity index (χ1n) is 4.48. The van der Waals surface area contributed by atoms with Crippen molar-refractivity contribution in [2.24, 2.45) is 0 Å². The molecule has 1 aromatic carbocycles. The van der Waals surface area contributed by atoms with Crippen LogP contribution in [0, 0.1) is 0 Å². The molecule has 1 amide bonds. The predicted molar refractivity (Wildman–Crippen MR) is 59.6 cm³/mol. The van der Waals surface area contributed by atoms with Gasteiger partial charge >= 0.3 is 7.60 Å². The minimum Gasteiger partial charge on any atom is -0.335 e. The Morgan fingerprint density at radius 1 is 1.38 bits per heavy atom. The van der Waals surface area contributed by atoms with Crippen LogP contribution in [-0.4, -0.2) is 15.7 Å². The van der Waals surface area contributed by atoms with E-state index in [1.807, 2.05) is 0 Å². The van der Waals surface area contributed by atoms with Crippen molar-refractivity contribution in [2.45, 2.75) is 5.78 Å². The van der Waals surface area contributed by atoms with Crippen LogP contribution in [0.2, 0.25) is 0 Å². The monoisotopic (exact) mass is 241 g/mol. The fourth-order valence-electron chi connectivity index (χ4n) is 1.19. The second-order valence-corrected chi connectivity index (χ2v) is 4.81. The summed E-state index contributed by atoms with van der Waals surface area (Å²) in [6.45, 7) is 3.22. The van der Waals surface area contributed by atoms with Crippen molar-refractivity contribution < 1.29 is 19.1 Å². The maximum atomic E-state index is 11.2. The van der Waals surface area contributed by atoms with Crippen LogP contribution >= 0.6 is 7.60 Å². The quantitative estimate of drug-likeness (QED) is 0.545. The highest BCUT2D eigenvalue weighted by Crippen LogP contribution is 2.49. The average molecular weight is 241 g/mol. The van der Waals surface area contributed by atoms with E-state index in [1.54, 1.807) is 18.2 Å². The first-order chi connectivity index (χ1) is 7.45. The van der Waals surface area contributed by atoms with Crippen LogP contribution in [0.25, 0.3) is 0 Å². The summed E-state index contributed by atoms with van der Waals surface area (Å²) in [7, 11) is -4.44. The third kappa shape index (κ3) is 3.31. The molecule has 6 heteroatoms. The number of hydrogen-bond donors (Lipinski definition) is 3. The van der Waals surface area contributed by atoms with E-state index >= 15 is 0 Å². The molecule has 0 aliphatic heterocycles. The van der Waals surface area contributed by atoms with Crippen LogP contribution in [0.4, 0.5) is 0 Å². The highest BCUT2D eigenvalue weighted by Gasteiger charge is 2.31. The third-order valence-corrected chi connectivity index (χ3v) is 3.02. The normalized spacial score (nSPS) is 12.9. The first kappa shape index (κ1) is 12.6. The van der Waals surface area contributed by atoms with Crippen molar-refractivity contribution in [3.63, 3.8) is 0 Å². The summed E-state index contributed by atoms with van der Waals surface area (Å²) in [5.74, 6) is -1.96. The molecule has 0 heterocycles. The van der Waals surface area contributed by atoms with Crippen molar-refractivity contribution in [3.05, 3.63) is 48.6 Å². The molecule has 86 valence electrons. The highest BCUT2D eigenvalue weighted by atomic mass is 31.2. The van der Waals surface area contributed by atoms with Gasteiger partial charge in [-0.15, -0.1) is 0 Å². The van der Waals surface area contributed by atoms with Crippen LogP contribution in [0.1, 0.15) is 11.3 Å². The Morgan fingerprint density at radius 2 is 1.94 bits per heavy atom. The molecule has 1 aromatic rings. The molecule has 3 N–H and O–H groups in total. The van der Waals surface area contributed by atoms with Crippen molar-refractivity contribution >= 4 is 13.5 Å². The second-order valence-electron chi connectivity index (χ2n) is 3.12. The molecule has 1 rings (SSSR count). The van der Waals surface area contributed by atoms with E-state index in [9.17, 15) is 9.36 Å². The van der Waals surface area contributed by atoms with E-state index in [0.29, 0.717) is 5.56 Å². The summed E-state index contributed by atoms with van der Waals surface area (Å²) < 4.78 is 11.2. The van der Waals surface area contributed by atoms with Crippen molar-refractivity contribution in [1.82, 2.24) is 5.32 Å². The molecular weight excluding hydrogens is 229 g/mol. The summed E-state index contributed by atoms with van der Waals surface area (Å²) in [5, 5.41) is 2.20. The number of nitrogens with one attached hydrogen (secondary N) is 1. The summed E-state index contributed by atoms with van der Waals surface area (Å²) in [4.78, 5) is 29.3. The Kier molecular flexibility index (Phi) is 4.01. The van der Waals surface area contributed by atoms with Crippen LogP contribution in [0.3, 0.4) is 0 Å². The minimum absolute atomic E-state index is 0.353. The van der Waals surface area contributed by atoms with Gasteiger partial charge < -0.3 is 15.1 Å². The molecule has 0 saturated carbocycles. The van der Waals surface area contributed by atoms with E-state index in [0.717, 1.165) is 6.08 Å². The molecule has 0 spiro atoms. The van der Waals surface area contributed by atoms with E-state index in [4.69, 9.17) is 9.79 Å². The maximum absolute atomic E-state index is 11.2. The van der Waals surface area contributed by atoms with Gasteiger partial charge in [-0.25, -0.2) is 0 Å². The Labute approximate surface area is 93.0 Å². The highest BCUT2D eigenvalue weighted by molar-refractivity contribution is 7.52. The van der Waals surface area contributed by atoms with Crippen LogP contribution in [-0.2, 0) is 9.36 Å². The van der Waals surface area contributed by atoms with Gasteiger partial charge in [0, 0.05) is 0 Å². The molecule has 5 nitrogen and oxygen atoms in total. The third-order valence-electron chi connectivity index (χ3n) is 1.92. The summed E-state index contributed by atoms with van der Waals surface area (Å²) >= 11 is 0. The molecule has 0 radical (unpaired) electrons. The molecule has 0 aliphatic carbocycles. The molecule has 1 atom stereocenters. The summed E-state index contributed by atoms with van der Waals surface area (Å²) in [6.07, 6.45) is 0.964. The van der Waals surface area contributed by atoms with E-state index < -0.39 is 19.3 Å². The zero-order valence-electron chi connectivity index (χ0n) is 8.41. The summed E-state index contributed by atoms with van der Waals surface area (Å²) in [5.41, 5.74) is 0.353. The fraction of sp³-hybridized carbons (Fsp3) is 0.100. The van der Waals surface area contributed by atoms with Gasteiger partial charge in [0.05, 0.1) is 0 Å². The van der Waals surface area contributed by atoms with E-state index in [2.05, 4.69) is 11.9 Å². The number of rotatable bonds is 4. The molecule has 16 heavy (non-hydrogen) atoms. The number of carbonyl (C=O) groups excluding carboxylic acids is 1.